The summed E-state index contributed by atoms with van der Waals surface area (Å²) in [6.07, 6.45) is -0.901. The Morgan fingerprint density at radius 3 is 2.69 bits per heavy atom. The van der Waals surface area contributed by atoms with Gasteiger partial charge in [0, 0.05) is 11.8 Å². The molecule has 0 saturated carbocycles. The van der Waals surface area contributed by atoms with E-state index in [2.05, 4.69) is 20.9 Å². The second-order valence-corrected chi connectivity index (χ2v) is 3.27. The van der Waals surface area contributed by atoms with E-state index in [1.807, 2.05) is 0 Å². The molecule has 1 rings (SSSR count). The molecule has 1 aromatic rings. The van der Waals surface area contributed by atoms with E-state index in [9.17, 15) is 13.6 Å². The van der Waals surface area contributed by atoms with Gasteiger partial charge in [-0.1, -0.05) is 0 Å². The molecular formula is C8H6BrF2NO. The molecule has 1 heterocycles. The van der Waals surface area contributed by atoms with Gasteiger partial charge in [-0.25, -0.2) is 8.78 Å². The summed E-state index contributed by atoms with van der Waals surface area (Å²) in [6, 6.07) is 0. The first-order chi connectivity index (χ1) is 6.07. The zero-order chi connectivity index (χ0) is 10.0. The average Bonchev–Trinajstić information content (AvgIpc) is 2.04. The molecule has 0 fully saturated rings. The predicted molar refractivity (Wildman–Crippen MR) is 47.0 cm³/mol. The summed E-state index contributed by atoms with van der Waals surface area (Å²) in [6.45, 7) is 1.52. The Bertz CT molecular complexity index is 341. The fraction of sp³-hybridized carbons (Fsp3) is 0.250. The Labute approximate surface area is 82.1 Å². The quantitative estimate of drug-likeness (QED) is 0.755. The zero-order valence-electron chi connectivity index (χ0n) is 6.72. The van der Waals surface area contributed by atoms with Gasteiger partial charge >= 0.3 is 0 Å². The molecule has 0 saturated heterocycles. The smallest absolute Gasteiger partial charge is 0.265 e. The van der Waals surface area contributed by atoms with Gasteiger partial charge in [0.05, 0.1) is 4.47 Å². The number of hydrogen-bond acceptors (Lipinski definition) is 2. The van der Waals surface area contributed by atoms with E-state index in [1.165, 1.54) is 13.1 Å². The lowest BCUT2D eigenvalue weighted by atomic mass is 10.1. The molecule has 0 aliphatic rings. The van der Waals surface area contributed by atoms with Gasteiger partial charge in [0.1, 0.15) is 5.69 Å². The number of aromatic nitrogens is 1. The number of pyridine rings is 1. The van der Waals surface area contributed by atoms with E-state index >= 15 is 0 Å². The highest BCUT2D eigenvalue weighted by Crippen LogP contribution is 2.30. The maximum atomic E-state index is 12.4. The van der Waals surface area contributed by atoms with Gasteiger partial charge < -0.3 is 0 Å². The second kappa shape index (κ2) is 3.91. The number of rotatable bonds is 2. The first-order valence-corrected chi connectivity index (χ1v) is 4.25. The van der Waals surface area contributed by atoms with Crippen LogP contribution < -0.4 is 0 Å². The minimum Gasteiger partial charge on any atom is -0.296 e. The molecular weight excluding hydrogens is 244 g/mol. The van der Waals surface area contributed by atoms with Gasteiger partial charge in [-0.15, -0.1) is 0 Å². The van der Waals surface area contributed by atoms with Crippen molar-refractivity contribution in [2.45, 2.75) is 13.3 Å². The third kappa shape index (κ3) is 1.91. The van der Waals surface area contributed by atoms with Crippen LogP contribution in [0.5, 0.6) is 0 Å². The van der Waals surface area contributed by atoms with Crippen molar-refractivity contribution in [3.63, 3.8) is 0 Å². The number of nitrogens with zero attached hydrogens (tertiary/aromatic N) is 1. The molecule has 70 valence electrons. The Hall–Kier alpha value is -0.840. The first kappa shape index (κ1) is 10.2. The summed E-state index contributed by atoms with van der Waals surface area (Å²) in [5.41, 5.74) is 0.200. The van der Waals surface area contributed by atoms with Gasteiger partial charge in [0.25, 0.3) is 6.43 Å². The number of aryl methyl sites for hydroxylation is 1. The zero-order valence-corrected chi connectivity index (χ0v) is 8.31. The number of hydrogen-bond donors (Lipinski definition) is 0. The number of halogens is 3. The normalized spacial score (nSPS) is 10.5. The molecule has 0 unspecified atom stereocenters. The van der Waals surface area contributed by atoms with E-state index in [0.29, 0.717) is 11.8 Å². The summed E-state index contributed by atoms with van der Waals surface area (Å²) < 4.78 is 24.9. The van der Waals surface area contributed by atoms with Crippen LogP contribution in [0.25, 0.3) is 0 Å². The van der Waals surface area contributed by atoms with Crippen molar-refractivity contribution in [3.05, 3.63) is 27.5 Å². The number of carbonyl (C=O) groups is 1. The van der Waals surface area contributed by atoms with Gasteiger partial charge in [-0.3, -0.25) is 9.78 Å². The molecule has 0 bridgehead atoms. The van der Waals surface area contributed by atoms with Crippen LogP contribution in [0.1, 0.15) is 28.0 Å². The Morgan fingerprint density at radius 1 is 1.62 bits per heavy atom. The molecule has 0 amide bonds. The first-order valence-electron chi connectivity index (χ1n) is 3.46. The van der Waals surface area contributed by atoms with Gasteiger partial charge in [-0.05, 0) is 28.4 Å². The lowest BCUT2D eigenvalue weighted by Gasteiger charge is -2.07. The number of aldehydes is 1. The minimum absolute atomic E-state index is 0.000833. The van der Waals surface area contributed by atoms with Crippen LogP contribution in [0.3, 0.4) is 0 Å². The Balaban J connectivity index is 3.38. The molecule has 13 heavy (non-hydrogen) atoms. The molecule has 0 spiro atoms. The average molecular weight is 250 g/mol. The predicted octanol–water partition coefficient (Wildman–Crippen LogP) is 2.90. The van der Waals surface area contributed by atoms with E-state index in [1.54, 1.807) is 0 Å². The minimum atomic E-state index is -2.60. The van der Waals surface area contributed by atoms with Crippen molar-refractivity contribution in [2.75, 3.05) is 0 Å². The maximum absolute atomic E-state index is 12.4. The second-order valence-electron chi connectivity index (χ2n) is 2.47. The standard InChI is InChI=1S/C8H6BrF2NO/c1-4-2-12-5(3-13)7(9)6(4)8(10)11/h2-3,8H,1H3. The van der Waals surface area contributed by atoms with Crippen molar-refractivity contribution < 1.29 is 13.6 Å². The number of carbonyl (C=O) groups excluding carboxylic acids is 1. The molecule has 0 N–H and O–H groups in total. The highest BCUT2D eigenvalue weighted by atomic mass is 79.9. The van der Waals surface area contributed by atoms with Crippen molar-refractivity contribution in [3.8, 4) is 0 Å². The highest BCUT2D eigenvalue weighted by Gasteiger charge is 2.17. The summed E-state index contributed by atoms with van der Waals surface area (Å²) in [5, 5.41) is 0. The Kier molecular flexibility index (Phi) is 3.08. The lowest BCUT2D eigenvalue weighted by Crippen LogP contribution is -1.98. The van der Waals surface area contributed by atoms with E-state index in [4.69, 9.17) is 0 Å². The molecule has 1 aromatic heterocycles. The van der Waals surface area contributed by atoms with Crippen molar-refractivity contribution in [1.82, 2.24) is 4.98 Å². The van der Waals surface area contributed by atoms with Crippen LogP contribution >= 0.6 is 15.9 Å². The summed E-state index contributed by atoms with van der Waals surface area (Å²) in [7, 11) is 0. The van der Waals surface area contributed by atoms with E-state index in [-0.39, 0.29) is 15.7 Å². The third-order valence-corrected chi connectivity index (χ3v) is 2.45. The summed E-state index contributed by atoms with van der Waals surface area (Å²) in [5.74, 6) is 0. The van der Waals surface area contributed by atoms with E-state index < -0.39 is 6.43 Å². The highest BCUT2D eigenvalue weighted by molar-refractivity contribution is 9.10. The summed E-state index contributed by atoms with van der Waals surface area (Å²) in [4.78, 5) is 14.1. The third-order valence-electron chi connectivity index (χ3n) is 1.61. The van der Waals surface area contributed by atoms with Gasteiger partial charge in [0.2, 0.25) is 0 Å². The monoisotopic (exact) mass is 249 g/mol. The number of alkyl halides is 2. The van der Waals surface area contributed by atoms with Crippen LogP contribution in [-0.4, -0.2) is 11.3 Å². The molecule has 2 nitrogen and oxygen atoms in total. The van der Waals surface area contributed by atoms with Crippen LogP contribution in [0.15, 0.2) is 10.7 Å². The molecule has 5 heteroatoms. The lowest BCUT2D eigenvalue weighted by molar-refractivity contribution is 0.111. The maximum Gasteiger partial charge on any atom is 0.265 e. The van der Waals surface area contributed by atoms with Crippen LogP contribution in [0.2, 0.25) is 0 Å². The molecule has 0 aliphatic carbocycles. The topological polar surface area (TPSA) is 30.0 Å². The molecule has 0 aliphatic heterocycles. The van der Waals surface area contributed by atoms with E-state index in [0.717, 1.165) is 0 Å². The van der Waals surface area contributed by atoms with Crippen molar-refractivity contribution >= 4 is 22.2 Å². The summed E-state index contributed by atoms with van der Waals surface area (Å²) >= 11 is 2.92. The SMILES string of the molecule is Cc1cnc(C=O)c(Br)c1C(F)F. The van der Waals surface area contributed by atoms with Crippen LogP contribution in [0, 0.1) is 6.92 Å². The Morgan fingerprint density at radius 2 is 2.23 bits per heavy atom. The van der Waals surface area contributed by atoms with Crippen molar-refractivity contribution in [2.24, 2.45) is 0 Å². The molecule has 0 radical (unpaired) electrons. The fourth-order valence-corrected chi connectivity index (χ4v) is 1.64. The molecule has 0 atom stereocenters. The largest absolute Gasteiger partial charge is 0.296 e. The molecule has 0 aromatic carbocycles. The van der Waals surface area contributed by atoms with Crippen LogP contribution in [-0.2, 0) is 0 Å². The van der Waals surface area contributed by atoms with Gasteiger partial charge in [0.15, 0.2) is 6.29 Å². The van der Waals surface area contributed by atoms with Crippen LogP contribution in [0.4, 0.5) is 8.78 Å². The fourth-order valence-electron chi connectivity index (χ4n) is 0.954. The van der Waals surface area contributed by atoms with Gasteiger partial charge in [-0.2, -0.15) is 0 Å². The van der Waals surface area contributed by atoms with Crippen molar-refractivity contribution in [1.29, 1.82) is 0 Å².